The number of aryl methyl sites for hydroxylation is 3. The highest BCUT2D eigenvalue weighted by Crippen LogP contribution is 2.36. The van der Waals surface area contributed by atoms with E-state index in [9.17, 15) is 0 Å². The molecule has 2 N–H and O–H groups in total. The molecule has 2 aromatic rings. The smallest absolute Gasteiger partial charge is 0.0513 e. The van der Waals surface area contributed by atoms with Gasteiger partial charge in [-0.3, -0.25) is 0 Å². The summed E-state index contributed by atoms with van der Waals surface area (Å²) in [6.45, 7) is 9.69. The fraction of sp³-hybridized carbons (Fsp3) is 0.500. The third-order valence-corrected chi connectivity index (χ3v) is 4.03. The van der Waals surface area contributed by atoms with Crippen molar-refractivity contribution >= 4 is 10.9 Å². The minimum Gasteiger partial charge on any atom is -0.350 e. The molecule has 0 atom stereocenters. The van der Waals surface area contributed by atoms with Crippen LogP contribution < -0.4 is 5.73 Å². The fourth-order valence-corrected chi connectivity index (χ4v) is 2.92. The lowest BCUT2D eigenvalue weighted by atomic mass is 9.80. The molecule has 0 spiro atoms. The van der Waals surface area contributed by atoms with Crippen LogP contribution >= 0.6 is 0 Å². The average molecular weight is 244 g/mol. The van der Waals surface area contributed by atoms with Crippen molar-refractivity contribution in [3.05, 3.63) is 35.0 Å². The Labute approximate surface area is 110 Å². The molecule has 2 rings (SSSR count). The molecule has 0 saturated heterocycles. The van der Waals surface area contributed by atoms with Gasteiger partial charge in [0, 0.05) is 18.6 Å². The Morgan fingerprint density at radius 1 is 1.17 bits per heavy atom. The van der Waals surface area contributed by atoms with Gasteiger partial charge >= 0.3 is 0 Å². The van der Waals surface area contributed by atoms with Crippen molar-refractivity contribution in [2.24, 2.45) is 12.8 Å². The first-order chi connectivity index (χ1) is 8.38. The molecule has 98 valence electrons. The summed E-state index contributed by atoms with van der Waals surface area (Å²) in [5.41, 5.74) is 11.4. The second kappa shape index (κ2) is 4.43. The molecule has 0 bridgehead atoms. The van der Waals surface area contributed by atoms with E-state index in [0.29, 0.717) is 0 Å². The van der Waals surface area contributed by atoms with Crippen molar-refractivity contribution in [1.29, 1.82) is 0 Å². The van der Waals surface area contributed by atoms with Crippen molar-refractivity contribution in [2.75, 3.05) is 6.54 Å². The summed E-state index contributed by atoms with van der Waals surface area (Å²) in [6.07, 6.45) is 3.29. The number of hydrogen-bond donors (Lipinski definition) is 1. The lowest BCUT2D eigenvalue weighted by Crippen LogP contribution is -2.21. The van der Waals surface area contributed by atoms with Gasteiger partial charge in [-0.15, -0.1) is 0 Å². The molecule has 0 aliphatic heterocycles. The fourth-order valence-electron chi connectivity index (χ4n) is 2.92. The van der Waals surface area contributed by atoms with Crippen LogP contribution in [0.5, 0.6) is 0 Å². The lowest BCUT2D eigenvalue weighted by molar-refractivity contribution is 0.490. The number of aromatic nitrogens is 1. The van der Waals surface area contributed by atoms with Crippen LogP contribution in [0.25, 0.3) is 10.9 Å². The summed E-state index contributed by atoms with van der Waals surface area (Å²) in [4.78, 5) is 0. The summed E-state index contributed by atoms with van der Waals surface area (Å²) >= 11 is 0. The Kier molecular flexibility index (Phi) is 3.24. The zero-order valence-electron chi connectivity index (χ0n) is 12.2. The number of nitrogens with zero attached hydrogens (tertiary/aromatic N) is 1. The molecule has 0 radical (unpaired) electrons. The highest BCUT2D eigenvalue weighted by molar-refractivity contribution is 5.90. The zero-order chi connectivity index (χ0) is 13.5. The van der Waals surface area contributed by atoms with Crippen LogP contribution in [0.4, 0.5) is 0 Å². The molecule has 1 heterocycles. The summed E-state index contributed by atoms with van der Waals surface area (Å²) in [7, 11) is 2.14. The van der Waals surface area contributed by atoms with E-state index in [4.69, 9.17) is 5.73 Å². The minimum absolute atomic E-state index is 0.132. The summed E-state index contributed by atoms with van der Waals surface area (Å²) in [6, 6.07) is 4.43. The van der Waals surface area contributed by atoms with Crippen LogP contribution in [0.1, 0.15) is 37.0 Å². The molecule has 0 aliphatic carbocycles. The molecule has 2 heteroatoms. The molecule has 0 unspecified atom stereocenters. The monoisotopic (exact) mass is 244 g/mol. The number of rotatable bonds is 3. The average Bonchev–Trinajstić information content (AvgIpc) is 2.64. The standard InChI is InChI=1S/C16H24N2/c1-11-6-7-12(2)15-14(11)13(10-18(15)5)16(3,4)8-9-17/h6-7,10H,8-9,17H2,1-5H3. The van der Waals surface area contributed by atoms with Gasteiger partial charge in [0.25, 0.3) is 0 Å². The Morgan fingerprint density at radius 3 is 2.39 bits per heavy atom. The predicted octanol–water partition coefficient (Wildman–Crippen LogP) is 3.42. The Hall–Kier alpha value is -1.28. The van der Waals surface area contributed by atoms with E-state index in [2.05, 4.69) is 57.6 Å². The van der Waals surface area contributed by atoms with E-state index >= 15 is 0 Å². The highest BCUT2D eigenvalue weighted by atomic mass is 14.9. The summed E-state index contributed by atoms with van der Waals surface area (Å²) in [5.74, 6) is 0. The maximum Gasteiger partial charge on any atom is 0.0513 e. The maximum atomic E-state index is 5.76. The molecular formula is C16H24N2. The molecule has 2 nitrogen and oxygen atoms in total. The first-order valence-corrected chi connectivity index (χ1v) is 6.64. The van der Waals surface area contributed by atoms with E-state index in [1.807, 2.05) is 0 Å². The van der Waals surface area contributed by atoms with Crippen molar-refractivity contribution in [3.8, 4) is 0 Å². The minimum atomic E-state index is 0.132. The van der Waals surface area contributed by atoms with Gasteiger partial charge in [0.2, 0.25) is 0 Å². The van der Waals surface area contributed by atoms with Crippen LogP contribution in [0.3, 0.4) is 0 Å². The quantitative estimate of drug-likeness (QED) is 0.881. The van der Waals surface area contributed by atoms with Gasteiger partial charge in [0.15, 0.2) is 0 Å². The van der Waals surface area contributed by atoms with Crippen molar-refractivity contribution in [3.63, 3.8) is 0 Å². The van der Waals surface area contributed by atoms with Gasteiger partial charge in [-0.1, -0.05) is 26.0 Å². The Balaban J connectivity index is 2.77. The molecule has 1 aromatic carbocycles. The number of fused-ring (bicyclic) bond motifs is 1. The van der Waals surface area contributed by atoms with E-state index in [1.165, 1.54) is 27.6 Å². The van der Waals surface area contributed by atoms with E-state index in [1.54, 1.807) is 0 Å². The van der Waals surface area contributed by atoms with E-state index < -0.39 is 0 Å². The summed E-state index contributed by atoms with van der Waals surface area (Å²) < 4.78 is 2.26. The zero-order valence-corrected chi connectivity index (χ0v) is 12.2. The van der Waals surface area contributed by atoms with Crippen molar-refractivity contribution < 1.29 is 0 Å². The van der Waals surface area contributed by atoms with Gasteiger partial charge < -0.3 is 10.3 Å². The SMILES string of the molecule is Cc1ccc(C)c2c1c(C(C)(C)CCN)cn2C. The molecule has 0 amide bonds. The normalized spacial score (nSPS) is 12.3. The second-order valence-electron chi connectivity index (χ2n) is 6.00. The van der Waals surface area contributed by atoms with E-state index in [0.717, 1.165) is 13.0 Å². The maximum absolute atomic E-state index is 5.76. The van der Waals surface area contributed by atoms with E-state index in [-0.39, 0.29) is 5.41 Å². The number of nitrogens with two attached hydrogens (primary N) is 1. The third-order valence-electron chi connectivity index (χ3n) is 4.03. The van der Waals surface area contributed by atoms with Crippen molar-refractivity contribution in [1.82, 2.24) is 4.57 Å². The summed E-state index contributed by atoms with van der Waals surface area (Å²) in [5, 5.41) is 1.41. The Morgan fingerprint density at radius 2 is 1.78 bits per heavy atom. The second-order valence-corrected chi connectivity index (χ2v) is 6.00. The number of hydrogen-bond acceptors (Lipinski definition) is 1. The van der Waals surface area contributed by atoms with Crippen LogP contribution in [0.2, 0.25) is 0 Å². The van der Waals surface area contributed by atoms with Gasteiger partial charge in [0.1, 0.15) is 0 Å². The largest absolute Gasteiger partial charge is 0.350 e. The first-order valence-electron chi connectivity index (χ1n) is 6.64. The van der Waals surface area contributed by atoms with Crippen LogP contribution in [-0.4, -0.2) is 11.1 Å². The molecule has 18 heavy (non-hydrogen) atoms. The van der Waals surface area contributed by atoms with Gasteiger partial charge in [-0.2, -0.15) is 0 Å². The molecule has 0 aliphatic rings. The third kappa shape index (κ3) is 1.95. The molecule has 0 fully saturated rings. The van der Waals surface area contributed by atoms with Gasteiger partial charge in [0.05, 0.1) is 5.52 Å². The molecule has 0 saturated carbocycles. The topological polar surface area (TPSA) is 30.9 Å². The Bertz CT molecular complexity index is 576. The van der Waals surface area contributed by atoms with Crippen molar-refractivity contribution in [2.45, 2.75) is 39.5 Å². The molecular weight excluding hydrogens is 220 g/mol. The molecule has 1 aromatic heterocycles. The van der Waals surface area contributed by atoms with Gasteiger partial charge in [-0.25, -0.2) is 0 Å². The highest BCUT2D eigenvalue weighted by Gasteiger charge is 2.25. The van der Waals surface area contributed by atoms with Gasteiger partial charge in [-0.05, 0) is 48.9 Å². The first kappa shape index (κ1) is 13.2. The van der Waals surface area contributed by atoms with Crippen LogP contribution in [0.15, 0.2) is 18.3 Å². The van der Waals surface area contributed by atoms with Crippen LogP contribution in [0, 0.1) is 13.8 Å². The van der Waals surface area contributed by atoms with Crippen LogP contribution in [-0.2, 0) is 12.5 Å². The predicted molar refractivity (Wildman–Crippen MR) is 79.1 cm³/mol. The number of benzene rings is 1. The lowest BCUT2D eigenvalue weighted by Gasteiger charge is -2.24.